The molecule has 0 fully saturated rings. The molecule has 3 heterocycles. The molecule has 4 aromatic rings. The van der Waals surface area contributed by atoms with Crippen molar-refractivity contribution in [2.45, 2.75) is 12.3 Å². The summed E-state index contributed by atoms with van der Waals surface area (Å²) in [6, 6.07) is 13.2. The van der Waals surface area contributed by atoms with Gasteiger partial charge in [-0.1, -0.05) is 18.2 Å². The topological polar surface area (TPSA) is 87.7 Å². The van der Waals surface area contributed by atoms with Gasteiger partial charge in [-0.3, -0.25) is 9.59 Å². The molecule has 1 atom stereocenters. The van der Waals surface area contributed by atoms with Crippen molar-refractivity contribution in [3.05, 3.63) is 63.9 Å². The van der Waals surface area contributed by atoms with Gasteiger partial charge in [-0.15, -0.1) is 0 Å². The van der Waals surface area contributed by atoms with Gasteiger partial charge in [-0.25, -0.2) is 0 Å². The van der Waals surface area contributed by atoms with Crippen molar-refractivity contribution >= 4 is 45.3 Å². The largest absolute Gasteiger partial charge is 0.326 e. The molecule has 1 aliphatic heterocycles. The van der Waals surface area contributed by atoms with E-state index in [9.17, 15) is 9.59 Å². The fraction of sp³-hybridized carbons (Fsp3) is 0.111. The molecule has 1 unspecified atom stereocenters. The summed E-state index contributed by atoms with van der Waals surface area (Å²) in [7, 11) is 0. The molecule has 7 heteroatoms. The average molecular weight is 348 g/mol. The maximum absolute atomic E-state index is 12.7. The van der Waals surface area contributed by atoms with E-state index >= 15 is 0 Å². The van der Waals surface area contributed by atoms with Crippen LogP contribution >= 0.6 is 11.7 Å². The molecule has 0 saturated carbocycles. The zero-order valence-corrected chi connectivity index (χ0v) is 13.8. The SMILES string of the molecule is O=C1CC(c2cc3ccccc3[nH]c2=O)c2c(ccc3nsnc23)N1. The third-order valence-electron chi connectivity index (χ3n) is 4.64. The standard InChI is InChI=1S/C18H12N4O2S/c23-15-8-10(11-7-9-3-1-2-4-12(9)20-18(11)24)16-13(19-15)5-6-14-17(16)22-25-21-14/h1-7,10H,8H2,(H,19,23)(H,20,24). The van der Waals surface area contributed by atoms with Crippen LogP contribution < -0.4 is 10.9 Å². The van der Waals surface area contributed by atoms with Crippen LogP contribution in [0.3, 0.4) is 0 Å². The second kappa shape index (κ2) is 5.22. The van der Waals surface area contributed by atoms with E-state index in [1.165, 1.54) is 0 Å². The van der Waals surface area contributed by atoms with E-state index < -0.39 is 0 Å². The van der Waals surface area contributed by atoms with Gasteiger partial charge >= 0.3 is 0 Å². The number of hydrogen-bond donors (Lipinski definition) is 2. The Morgan fingerprint density at radius 2 is 1.96 bits per heavy atom. The smallest absolute Gasteiger partial charge is 0.252 e. The van der Waals surface area contributed by atoms with E-state index in [4.69, 9.17) is 0 Å². The van der Waals surface area contributed by atoms with Crippen LogP contribution in [0.4, 0.5) is 5.69 Å². The number of carbonyl (C=O) groups is 1. The second-order valence-corrected chi connectivity index (χ2v) is 6.63. The van der Waals surface area contributed by atoms with Gasteiger partial charge in [0.1, 0.15) is 11.0 Å². The summed E-state index contributed by atoms with van der Waals surface area (Å²) in [5, 5.41) is 3.82. The first-order valence-corrected chi connectivity index (χ1v) is 8.61. The molecule has 6 nitrogen and oxygen atoms in total. The molecule has 1 amide bonds. The maximum atomic E-state index is 12.7. The summed E-state index contributed by atoms with van der Waals surface area (Å²) in [5.74, 6) is -0.447. The number of hydrogen-bond acceptors (Lipinski definition) is 5. The Labute approximate surface area is 145 Å². The highest BCUT2D eigenvalue weighted by Gasteiger charge is 2.31. The molecule has 2 N–H and O–H groups in total. The van der Waals surface area contributed by atoms with Crippen molar-refractivity contribution in [1.29, 1.82) is 0 Å². The van der Waals surface area contributed by atoms with Gasteiger partial charge in [-0.2, -0.15) is 8.75 Å². The monoisotopic (exact) mass is 348 g/mol. The van der Waals surface area contributed by atoms with Crippen LogP contribution in [-0.4, -0.2) is 19.6 Å². The number of amides is 1. The van der Waals surface area contributed by atoms with Gasteiger partial charge in [0, 0.05) is 34.7 Å². The molecule has 1 aliphatic rings. The molecule has 2 aromatic heterocycles. The molecule has 2 aromatic carbocycles. The van der Waals surface area contributed by atoms with Crippen molar-refractivity contribution in [3.63, 3.8) is 0 Å². The van der Waals surface area contributed by atoms with Crippen molar-refractivity contribution in [3.8, 4) is 0 Å². The molecular weight excluding hydrogens is 336 g/mol. The Bertz CT molecular complexity index is 1210. The zero-order valence-electron chi connectivity index (χ0n) is 12.9. The normalized spacial score (nSPS) is 16.8. The van der Waals surface area contributed by atoms with Crippen molar-refractivity contribution in [2.75, 3.05) is 5.32 Å². The van der Waals surface area contributed by atoms with Crippen LogP contribution in [0.15, 0.2) is 47.3 Å². The van der Waals surface area contributed by atoms with E-state index in [-0.39, 0.29) is 23.8 Å². The molecule has 25 heavy (non-hydrogen) atoms. The lowest BCUT2D eigenvalue weighted by Gasteiger charge is -2.25. The average Bonchev–Trinajstić information content (AvgIpc) is 3.09. The molecule has 0 saturated heterocycles. The van der Waals surface area contributed by atoms with Gasteiger partial charge in [0.25, 0.3) is 5.56 Å². The van der Waals surface area contributed by atoms with Crippen LogP contribution in [0, 0.1) is 0 Å². The lowest BCUT2D eigenvalue weighted by atomic mass is 9.84. The first-order valence-electron chi connectivity index (χ1n) is 7.88. The number of nitrogens with zero attached hydrogens (tertiary/aromatic N) is 2. The maximum Gasteiger partial charge on any atom is 0.252 e. The van der Waals surface area contributed by atoms with Gasteiger partial charge in [0.05, 0.1) is 11.7 Å². The highest BCUT2D eigenvalue weighted by atomic mass is 32.1. The minimum atomic E-state index is -0.343. The molecular formula is C18H12N4O2S. The first kappa shape index (κ1) is 14.3. The van der Waals surface area contributed by atoms with E-state index in [0.29, 0.717) is 11.3 Å². The van der Waals surface area contributed by atoms with Crippen molar-refractivity contribution in [2.24, 2.45) is 0 Å². The van der Waals surface area contributed by atoms with E-state index in [1.54, 1.807) is 0 Å². The number of nitrogens with one attached hydrogen (secondary N) is 2. The molecule has 0 spiro atoms. The van der Waals surface area contributed by atoms with E-state index in [0.717, 1.165) is 39.2 Å². The predicted octanol–water partition coefficient (Wildman–Crippen LogP) is 3.01. The Kier molecular flexibility index (Phi) is 2.98. The highest BCUT2D eigenvalue weighted by Crippen LogP contribution is 2.40. The third-order valence-corrected chi connectivity index (χ3v) is 5.18. The van der Waals surface area contributed by atoms with Crippen molar-refractivity contribution < 1.29 is 4.79 Å². The van der Waals surface area contributed by atoms with Crippen LogP contribution in [0.25, 0.3) is 21.9 Å². The number of pyridine rings is 1. The number of aromatic nitrogens is 3. The minimum Gasteiger partial charge on any atom is -0.326 e. The van der Waals surface area contributed by atoms with E-state index in [1.807, 2.05) is 42.5 Å². The number of carbonyl (C=O) groups excluding carboxylic acids is 1. The summed E-state index contributed by atoms with van der Waals surface area (Å²) >= 11 is 1.13. The fourth-order valence-corrected chi connectivity index (χ4v) is 4.06. The first-order chi connectivity index (χ1) is 12.2. The number of fused-ring (bicyclic) bond motifs is 4. The molecule has 0 radical (unpaired) electrons. The number of H-pyrrole nitrogens is 1. The lowest BCUT2D eigenvalue weighted by molar-refractivity contribution is -0.116. The van der Waals surface area contributed by atoms with Gasteiger partial charge in [-0.05, 0) is 29.7 Å². The summed E-state index contributed by atoms with van der Waals surface area (Å²) < 4.78 is 8.67. The van der Waals surface area contributed by atoms with Crippen molar-refractivity contribution in [1.82, 2.24) is 13.7 Å². The summed E-state index contributed by atoms with van der Waals surface area (Å²) in [4.78, 5) is 27.8. The Morgan fingerprint density at radius 1 is 1.08 bits per heavy atom. The number of rotatable bonds is 1. The Balaban J connectivity index is 1.81. The van der Waals surface area contributed by atoms with Crippen LogP contribution in [0.5, 0.6) is 0 Å². The Hall–Kier alpha value is -3.06. The summed E-state index contributed by atoms with van der Waals surface area (Å²) in [5.41, 5.74) is 4.29. The molecule has 0 aliphatic carbocycles. The Morgan fingerprint density at radius 3 is 2.88 bits per heavy atom. The lowest BCUT2D eigenvalue weighted by Crippen LogP contribution is -2.27. The molecule has 5 rings (SSSR count). The predicted molar refractivity (Wildman–Crippen MR) is 97.1 cm³/mol. The minimum absolute atomic E-state index is 0.104. The van der Waals surface area contributed by atoms with Gasteiger partial charge < -0.3 is 10.3 Å². The summed E-state index contributed by atoms with van der Waals surface area (Å²) in [6.07, 6.45) is 0.213. The second-order valence-electron chi connectivity index (χ2n) is 6.10. The quantitative estimate of drug-likeness (QED) is 0.553. The number of aromatic amines is 1. The fourth-order valence-electron chi connectivity index (χ4n) is 3.51. The van der Waals surface area contributed by atoms with Gasteiger partial charge in [0.15, 0.2) is 0 Å². The third kappa shape index (κ3) is 2.16. The number of benzene rings is 2. The number of para-hydroxylation sites is 1. The van der Waals surface area contributed by atoms with E-state index in [2.05, 4.69) is 19.0 Å². The highest BCUT2D eigenvalue weighted by molar-refractivity contribution is 7.00. The zero-order chi connectivity index (χ0) is 17.0. The summed E-state index contributed by atoms with van der Waals surface area (Å²) in [6.45, 7) is 0. The molecule has 0 bridgehead atoms. The van der Waals surface area contributed by atoms with Crippen LogP contribution in [0.2, 0.25) is 0 Å². The molecule has 122 valence electrons. The van der Waals surface area contributed by atoms with Gasteiger partial charge in [0.2, 0.25) is 5.91 Å². The van der Waals surface area contributed by atoms with Crippen LogP contribution in [-0.2, 0) is 4.79 Å². The number of anilines is 1. The van der Waals surface area contributed by atoms with Crippen LogP contribution in [0.1, 0.15) is 23.5 Å².